The first-order valence-electron chi connectivity index (χ1n) is 7.91. The topological polar surface area (TPSA) is 104 Å². The Morgan fingerprint density at radius 3 is 2.50 bits per heavy atom. The molecule has 1 heterocycles. The molecule has 0 aromatic heterocycles. The van der Waals surface area contributed by atoms with Crippen LogP contribution in [0.1, 0.15) is 15.9 Å². The van der Waals surface area contributed by atoms with Crippen molar-refractivity contribution in [3.63, 3.8) is 0 Å². The van der Waals surface area contributed by atoms with Crippen LogP contribution in [0.15, 0.2) is 53.4 Å². The number of nitrogens with zero attached hydrogens (tertiary/aromatic N) is 1. The van der Waals surface area contributed by atoms with Crippen LogP contribution >= 0.6 is 24.0 Å². The molecular formula is C19H13NO6S2. The van der Waals surface area contributed by atoms with E-state index in [4.69, 9.17) is 27.2 Å². The van der Waals surface area contributed by atoms with Gasteiger partial charge in [0.25, 0.3) is 5.91 Å². The van der Waals surface area contributed by atoms with Crippen molar-refractivity contribution in [3.05, 3.63) is 64.6 Å². The number of thiocarbonyl (C=S) groups is 1. The van der Waals surface area contributed by atoms with Gasteiger partial charge >= 0.3 is 11.9 Å². The molecule has 7 nitrogen and oxygen atoms in total. The largest absolute Gasteiger partial charge is 0.482 e. The average molecular weight is 415 g/mol. The maximum atomic E-state index is 12.8. The lowest BCUT2D eigenvalue weighted by atomic mass is 10.2. The number of rotatable bonds is 6. The zero-order chi connectivity index (χ0) is 20.3. The number of hydrogen-bond donors (Lipinski definition) is 2. The molecule has 1 amide bonds. The molecule has 0 aliphatic carbocycles. The summed E-state index contributed by atoms with van der Waals surface area (Å²) >= 11 is 6.42. The van der Waals surface area contributed by atoms with Crippen molar-refractivity contribution in [2.45, 2.75) is 0 Å². The van der Waals surface area contributed by atoms with E-state index >= 15 is 0 Å². The summed E-state index contributed by atoms with van der Waals surface area (Å²) in [4.78, 5) is 36.1. The van der Waals surface area contributed by atoms with Crippen LogP contribution in [-0.4, -0.2) is 39.0 Å². The van der Waals surface area contributed by atoms with Crippen LogP contribution in [0.3, 0.4) is 0 Å². The van der Waals surface area contributed by atoms with Crippen molar-refractivity contribution in [3.8, 4) is 5.75 Å². The molecule has 2 aromatic carbocycles. The van der Waals surface area contributed by atoms with Gasteiger partial charge in [-0.05, 0) is 48.0 Å². The predicted molar refractivity (Wildman–Crippen MR) is 109 cm³/mol. The van der Waals surface area contributed by atoms with Gasteiger partial charge in [-0.3, -0.25) is 9.69 Å². The van der Waals surface area contributed by atoms with Gasteiger partial charge in [-0.15, -0.1) is 0 Å². The molecule has 9 heteroatoms. The minimum absolute atomic E-state index is 0.114. The van der Waals surface area contributed by atoms with Crippen LogP contribution in [0, 0.1) is 0 Å². The van der Waals surface area contributed by atoms with Gasteiger partial charge in [0.15, 0.2) is 10.9 Å². The summed E-state index contributed by atoms with van der Waals surface area (Å²) in [7, 11) is 0. The SMILES string of the molecule is O=C(O)COc1cccc(/C=C2\SC(=S)N(c3ccc(C(=O)O)cc3)C2=O)c1. The minimum atomic E-state index is -1.08. The first kappa shape index (κ1) is 19.6. The molecule has 2 aromatic rings. The molecule has 1 fully saturated rings. The minimum Gasteiger partial charge on any atom is -0.482 e. The van der Waals surface area contributed by atoms with Crippen molar-refractivity contribution < 1.29 is 29.3 Å². The maximum absolute atomic E-state index is 12.8. The molecule has 0 atom stereocenters. The molecular weight excluding hydrogens is 402 g/mol. The lowest BCUT2D eigenvalue weighted by Gasteiger charge is -2.14. The van der Waals surface area contributed by atoms with Crippen LogP contribution < -0.4 is 9.64 Å². The predicted octanol–water partition coefficient (Wildman–Crippen LogP) is 3.25. The fraction of sp³-hybridized carbons (Fsp3) is 0.0526. The third-order valence-corrected chi connectivity index (χ3v) is 4.99. The van der Waals surface area contributed by atoms with Crippen molar-refractivity contribution in [1.29, 1.82) is 0 Å². The number of aliphatic carboxylic acids is 1. The van der Waals surface area contributed by atoms with Crippen molar-refractivity contribution in [1.82, 2.24) is 0 Å². The second kappa shape index (κ2) is 8.24. The quantitative estimate of drug-likeness (QED) is 0.547. The molecule has 1 aliphatic rings. The number of carbonyl (C=O) groups is 3. The lowest BCUT2D eigenvalue weighted by Crippen LogP contribution is -2.27. The van der Waals surface area contributed by atoms with Crippen LogP contribution in [0.2, 0.25) is 0 Å². The second-order valence-corrected chi connectivity index (χ2v) is 7.30. The van der Waals surface area contributed by atoms with Crippen molar-refractivity contribution >= 4 is 57.9 Å². The van der Waals surface area contributed by atoms with Gasteiger partial charge in [-0.1, -0.05) is 36.1 Å². The van der Waals surface area contributed by atoms with Gasteiger partial charge in [0.05, 0.1) is 16.2 Å². The molecule has 0 saturated carbocycles. The molecule has 28 heavy (non-hydrogen) atoms. The van der Waals surface area contributed by atoms with E-state index in [1.807, 2.05) is 0 Å². The van der Waals surface area contributed by atoms with Gasteiger partial charge in [0.1, 0.15) is 5.75 Å². The number of carbonyl (C=O) groups excluding carboxylic acids is 1. The van der Waals surface area contributed by atoms with Gasteiger partial charge < -0.3 is 14.9 Å². The zero-order valence-corrected chi connectivity index (χ0v) is 15.8. The number of anilines is 1. The number of carboxylic acid groups (broad SMARTS) is 2. The fourth-order valence-electron chi connectivity index (χ4n) is 2.43. The summed E-state index contributed by atoms with van der Waals surface area (Å²) in [5.74, 6) is -2.09. The summed E-state index contributed by atoms with van der Waals surface area (Å²) < 4.78 is 5.47. The lowest BCUT2D eigenvalue weighted by molar-refractivity contribution is -0.139. The van der Waals surface area contributed by atoms with Crippen LogP contribution in [0.25, 0.3) is 6.08 Å². The van der Waals surface area contributed by atoms with Gasteiger partial charge in [0, 0.05) is 0 Å². The Labute approximate surface area is 169 Å². The third kappa shape index (κ3) is 4.38. The first-order chi connectivity index (χ1) is 13.3. The Bertz CT molecular complexity index is 1000. The summed E-state index contributed by atoms with van der Waals surface area (Å²) in [6.07, 6.45) is 1.64. The van der Waals surface area contributed by atoms with Crippen molar-refractivity contribution in [2.75, 3.05) is 11.5 Å². The Morgan fingerprint density at radius 2 is 1.86 bits per heavy atom. The van der Waals surface area contributed by atoms with E-state index in [2.05, 4.69) is 0 Å². The van der Waals surface area contributed by atoms with E-state index in [9.17, 15) is 14.4 Å². The molecule has 142 valence electrons. The molecule has 0 unspecified atom stereocenters. The molecule has 1 saturated heterocycles. The number of ether oxygens (including phenoxy) is 1. The number of aromatic carboxylic acids is 1. The van der Waals surface area contributed by atoms with E-state index in [0.29, 0.717) is 26.2 Å². The number of carboxylic acids is 2. The average Bonchev–Trinajstić information content (AvgIpc) is 2.93. The molecule has 3 rings (SSSR count). The fourth-order valence-corrected chi connectivity index (χ4v) is 3.73. The van der Waals surface area contributed by atoms with Crippen LogP contribution in [0.4, 0.5) is 5.69 Å². The van der Waals surface area contributed by atoms with E-state index in [1.54, 1.807) is 30.3 Å². The van der Waals surface area contributed by atoms with Gasteiger partial charge in [-0.2, -0.15) is 0 Å². The Balaban J connectivity index is 1.82. The number of hydrogen-bond acceptors (Lipinski definition) is 6. The number of benzene rings is 2. The summed E-state index contributed by atoms with van der Waals surface area (Å²) in [5, 5.41) is 17.7. The Kier molecular flexibility index (Phi) is 5.76. The van der Waals surface area contributed by atoms with E-state index in [-0.39, 0.29) is 11.5 Å². The molecule has 1 aliphatic heterocycles. The van der Waals surface area contributed by atoms with Crippen molar-refractivity contribution in [2.24, 2.45) is 0 Å². The normalized spacial score (nSPS) is 15.1. The van der Waals surface area contributed by atoms with E-state index in [0.717, 1.165) is 11.8 Å². The monoisotopic (exact) mass is 415 g/mol. The molecule has 0 radical (unpaired) electrons. The van der Waals surface area contributed by atoms with Crippen LogP contribution in [-0.2, 0) is 9.59 Å². The maximum Gasteiger partial charge on any atom is 0.341 e. The van der Waals surface area contributed by atoms with E-state index < -0.39 is 18.5 Å². The number of thioether (sulfide) groups is 1. The first-order valence-corrected chi connectivity index (χ1v) is 9.13. The Morgan fingerprint density at radius 1 is 1.14 bits per heavy atom. The standard InChI is InChI=1S/C19H13NO6S2/c21-16(22)10-26-14-3-1-2-11(8-14)9-15-17(23)20(19(27)28-15)13-6-4-12(5-7-13)18(24)25/h1-9H,10H2,(H,21,22)(H,24,25)/b15-9-. The van der Waals surface area contributed by atoms with Crippen LogP contribution in [0.5, 0.6) is 5.75 Å². The second-order valence-electron chi connectivity index (χ2n) is 5.62. The Hall–Kier alpha value is -3.17. The third-order valence-electron chi connectivity index (χ3n) is 3.68. The highest BCUT2D eigenvalue weighted by atomic mass is 32.2. The zero-order valence-electron chi connectivity index (χ0n) is 14.2. The summed E-state index contributed by atoms with van der Waals surface area (Å²) in [6, 6.07) is 12.5. The summed E-state index contributed by atoms with van der Waals surface area (Å²) in [5.41, 5.74) is 1.25. The molecule has 0 spiro atoms. The smallest absolute Gasteiger partial charge is 0.341 e. The van der Waals surface area contributed by atoms with E-state index in [1.165, 1.54) is 29.2 Å². The van der Waals surface area contributed by atoms with Gasteiger partial charge in [0.2, 0.25) is 0 Å². The summed E-state index contributed by atoms with van der Waals surface area (Å²) in [6.45, 7) is -0.460. The molecule has 2 N–H and O–H groups in total. The highest BCUT2D eigenvalue weighted by Crippen LogP contribution is 2.36. The highest BCUT2D eigenvalue weighted by molar-refractivity contribution is 8.27. The molecule has 0 bridgehead atoms. The van der Waals surface area contributed by atoms with Gasteiger partial charge in [-0.25, -0.2) is 9.59 Å². The highest BCUT2D eigenvalue weighted by Gasteiger charge is 2.33. The number of amides is 1.